The van der Waals surface area contributed by atoms with Crippen molar-refractivity contribution in [1.82, 2.24) is 5.43 Å². The Labute approximate surface area is 128 Å². The smallest absolute Gasteiger partial charge is 0.272 e. The summed E-state index contributed by atoms with van der Waals surface area (Å²) in [4.78, 5) is 12.0. The van der Waals surface area contributed by atoms with E-state index >= 15 is 0 Å². The zero-order valence-electron chi connectivity index (χ0n) is 11.9. The molecule has 0 aliphatic carbocycles. The van der Waals surface area contributed by atoms with Gasteiger partial charge < -0.3 is 5.73 Å². The zero-order chi connectivity index (χ0) is 15.4. The van der Waals surface area contributed by atoms with E-state index in [1.807, 2.05) is 25.1 Å². The van der Waals surface area contributed by atoms with E-state index in [9.17, 15) is 4.79 Å². The summed E-state index contributed by atoms with van der Waals surface area (Å²) < 4.78 is 0. The Balaban J connectivity index is 2.19. The lowest BCUT2D eigenvalue weighted by molar-refractivity contribution is 0.0955. The second kappa shape index (κ2) is 6.41. The predicted octanol–water partition coefficient (Wildman–Crippen LogP) is 3.38. The van der Waals surface area contributed by atoms with Crippen molar-refractivity contribution in [3.8, 4) is 0 Å². The van der Waals surface area contributed by atoms with Crippen molar-refractivity contribution in [3.63, 3.8) is 0 Å². The van der Waals surface area contributed by atoms with E-state index in [4.69, 9.17) is 17.3 Å². The lowest BCUT2D eigenvalue weighted by Crippen LogP contribution is -2.20. The molecule has 0 saturated heterocycles. The third-order valence-corrected chi connectivity index (χ3v) is 3.37. The Morgan fingerprint density at radius 3 is 2.62 bits per heavy atom. The molecule has 0 heterocycles. The van der Waals surface area contributed by atoms with Gasteiger partial charge in [-0.25, -0.2) is 5.43 Å². The van der Waals surface area contributed by atoms with Crippen LogP contribution in [0.15, 0.2) is 47.6 Å². The molecule has 0 unspecified atom stereocenters. The van der Waals surface area contributed by atoms with Crippen molar-refractivity contribution in [2.45, 2.75) is 13.8 Å². The molecule has 21 heavy (non-hydrogen) atoms. The first-order valence-corrected chi connectivity index (χ1v) is 6.82. The van der Waals surface area contributed by atoms with Crippen molar-refractivity contribution < 1.29 is 4.79 Å². The van der Waals surface area contributed by atoms with Crippen LogP contribution >= 0.6 is 11.6 Å². The molecular weight excluding hydrogens is 286 g/mol. The molecule has 0 radical (unpaired) electrons. The number of nitrogens with two attached hydrogens (primary N) is 1. The quantitative estimate of drug-likeness (QED) is 0.518. The highest BCUT2D eigenvalue weighted by Crippen LogP contribution is 2.16. The number of nitrogen functional groups attached to an aromatic ring is 1. The zero-order valence-corrected chi connectivity index (χ0v) is 12.6. The number of rotatable bonds is 3. The van der Waals surface area contributed by atoms with Crippen LogP contribution in [0.3, 0.4) is 0 Å². The molecule has 0 aliphatic heterocycles. The van der Waals surface area contributed by atoms with Crippen molar-refractivity contribution >= 4 is 28.9 Å². The molecule has 108 valence electrons. The van der Waals surface area contributed by atoms with E-state index in [0.29, 0.717) is 22.0 Å². The number of nitrogens with one attached hydrogen (secondary N) is 1. The van der Waals surface area contributed by atoms with Crippen LogP contribution < -0.4 is 11.2 Å². The lowest BCUT2D eigenvalue weighted by atomic mass is 10.1. The first-order valence-electron chi connectivity index (χ1n) is 6.44. The van der Waals surface area contributed by atoms with Crippen LogP contribution in [0.4, 0.5) is 5.69 Å². The topological polar surface area (TPSA) is 67.5 Å². The highest BCUT2D eigenvalue weighted by molar-refractivity contribution is 6.33. The van der Waals surface area contributed by atoms with Gasteiger partial charge in [-0.05, 0) is 38.1 Å². The van der Waals surface area contributed by atoms with E-state index in [1.54, 1.807) is 31.2 Å². The largest absolute Gasteiger partial charge is 0.398 e. The molecule has 0 aliphatic rings. The number of anilines is 1. The van der Waals surface area contributed by atoms with Gasteiger partial charge in [0.2, 0.25) is 0 Å². The fourth-order valence-electron chi connectivity index (χ4n) is 1.88. The average Bonchev–Trinajstić information content (AvgIpc) is 2.47. The first kappa shape index (κ1) is 15.1. The van der Waals surface area contributed by atoms with Crippen molar-refractivity contribution in [2.24, 2.45) is 5.10 Å². The molecule has 0 spiro atoms. The molecule has 0 bridgehead atoms. The molecule has 3 N–H and O–H groups in total. The van der Waals surface area contributed by atoms with E-state index in [2.05, 4.69) is 10.5 Å². The van der Waals surface area contributed by atoms with Crippen LogP contribution in [0.1, 0.15) is 28.4 Å². The van der Waals surface area contributed by atoms with Crippen LogP contribution in [-0.2, 0) is 0 Å². The summed E-state index contributed by atoms with van der Waals surface area (Å²) in [5.74, 6) is -0.355. The molecular formula is C16H16ClN3O. The van der Waals surface area contributed by atoms with Gasteiger partial charge in [0.1, 0.15) is 0 Å². The number of amides is 1. The van der Waals surface area contributed by atoms with Gasteiger partial charge in [0.15, 0.2) is 0 Å². The summed E-state index contributed by atoms with van der Waals surface area (Å²) >= 11 is 5.97. The molecule has 1 amide bonds. The van der Waals surface area contributed by atoms with Gasteiger partial charge >= 0.3 is 0 Å². The van der Waals surface area contributed by atoms with Gasteiger partial charge in [-0.3, -0.25) is 4.79 Å². The van der Waals surface area contributed by atoms with Gasteiger partial charge in [0, 0.05) is 11.3 Å². The number of aryl methyl sites for hydroxylation is 1. The van der Waals surface area contributed by atoms with Crippen molar-refractivity contribution in [1.29, 1.82) is 0 Å². The molecule has 0 aromatic heterocycles. The van der Waals surface area contributed by atoms with E-state index in [1.165, 1.54) is 0 Å². The fourth-order valence-corrected chi connectivity index (χ4v) is 2.11. The van der Waals surface area contributed by atoms with E-state index in [0.717, 1.165) is 11.1 Å². The average molecular weight is 302 g/mol. The Morgan fingerprint density at radius 1 is 1.19 bits per heavy atom. The summed E-state index contributed by atoms with van der Waals surface area (Å²) in [5, 5.41) is 4.48. The Kier molecular flexibility index (Phi) is 4.60. The highest BCUT2D eigenvalue weighted by Gasteiger charge is 2.09. The normalized spacial score (nSPS) is 11.3. The highest BCUT2D eigenvalue weighted by atomic mass is 35.5. The standard InChI is InChI=1S/C16H16ClN3O/c1-10-7-8-15(18)13(9-10)11(2)19-20-16(21)12-5-3-4-6-14(12)17/h3-9H,18H2,1-2H3,(H,20,21)/b19-11+. The Hall–Kier alpha value is -2.33. The Morgan fingerprint density at radius 2 is 1.90 bits per heavy atom. The number of nitrogens with zero attached hydrogens (tertiary/aromatic N) is 1. The molecule has 4 nitrogen and oxygen atoms in total. The number of carbonyl (C=O) groups excluding carboxylic acids is 1. The van der Waals surface area contributed by atoms with Gasteiger partial charge in [-0.15, -0.1) is 0 Å². The SMILES string of the molecule is C/C(=N\NC(=O)c1ccccc1Cl)c1cc(C)ccc1N. The monoisotopic (exact) mass is 301 g/mol. The maximum absolute atomic E-state index is 12.0. The molecule has 2 aromatic carbocycles. The van der Waals surface area contributed by atoms with Crippen LogP contribution in [0.25, 0.3) is 0 Å². The van der Waals surface area contributed by atoms with Gasteiger partial charge in [-0.2, -0.15) is 5.10 Å². The Bertz CT molecular complexity index is 710. The molecule has 5 heteroatoms. The van der Waals surface area contributed by atoms with Crippen LogP contribution in [0.5, 0.6) is 0 Å². The number of hydrogen-bond acceptors (Lipinski definition) is 3. The third-order valence-electron chi connectivity index (χ3n) is 3.04. The number of hydrogen-bond donors (Lipinski definition) is 2. The second-order valence-electron chi connectivity index (χ2n) is 4.71. The minimum absolute atomic E-state index is 0.355. The molecule has 0 fully saturated rings. The van der Waals surface area contributed by atoms with Crippen molar-refractivity contribution in [2.75, 3.05) is 5.73 Å². The van der Waals surface area contributed by atoms with Crippen LogP contribution in [0, 0.1) is 6.92 Å². The van der Waals surface area contributed by atoms with Crippen molar-refractivity contribution in [3.05, 3.63) is 64.2 Å². The summed E-state index contributed by atoms with van der Waals surface area (Å²) in [7, 11) is 0. The molecule has 2 rings (SSSR count). The molecule has 2 aromatic rings. The third kappa shape index (κ3) is 3.61. The molecule has 0 atom stereocenters. The summed E-state index contributed by atoms with van der Waals surface area (Å²) in [6.45, 7) is 3.76. The number of halogens is 1. The number of benzene rings is 2. The lowest BCUT2D eigenvalue weighted by Gasteiger charge is -2.07. The summed E-state index contributed by atoms with van der Waals surface area (Å²) in [5.41, 5.74) is 11.9. The van der Waals surface area contributed by atoms with E-state index in [-0.39, 0.29) is 5.91 Å². The predicted molar refractivity (Wildman–Crippen MR) is 86.7 cm³/mol. The first-order chi connectivity index (χ1) is 9.99. The maximum atomic E-state index is 12.0. The maximum Gasteiger partial charge on any atom is 0.272 e. The van der Waals surface area contributed by atoms with Crippen LogP contribution in [-0.4, -0.2) is 11.6 Å². The minimum Gasteiger partial charge on any atom is -0.398 e. The van der Waals surface area contributed by atoms with Crippen LogP contribution in [0.2, 0.25) is 5.02 Å². The van der Waals surface area contributed by atoms with E-state index < -0.39 is 0 Å². The number of carbonyl (C=O) groups is 1. The minimum atomic E-state index is -0.355. The van der Waals surface area contributed by atoms with Gasteiger partial charge in [0.25, 0.3) is 5.91 Å². The van der Waals surface area contributed by atoms with Gasteiger partial charge in [0.05, 0.1) is 16.3 Å². The second-order valence-corrected chi connectivity index (χ2v) is 5.12. The molecule has 0 saturated carbocycles. The fraction of sp³-hybridized carbons (Fsp3) is 0.125. The summed E-state index contributed by atoms with van der Waals surface area (Å²) in [6, 6.07) is 12.5. The number of hydrazone groups is 1. The summed E-state index contributed by atoms with van der Waals surface area (Å²) in [6.07, 6.45) is 0. The van der Waals surface area contributed by atoms with Gasteiger partial charge in [-0.1, -0.05) is 35.4 Å².